The van der Waals surface area contributed by atoms with Crippen molar-refractivity contribution in [2.45, 2.75) is 61.4 Å². The number of aliphatic hydroxyl groups excluding tert-OH is 6. The molecule has 12 heteroatoms. The summed E-state index contributed by atoms with van der Waals surface area (Å²) in [6, 6.07) is 0. The number of hydrogen-bond acceptors (Lipinski definition) is 12. The van der Waals surface area contributed by atoms with Gasteiger partial charge in [0, 0.05) is 25.7 Å². The van der Waals surface area contributed by atoms with Gasteiger partial charge in [0.2, 0.25) is 0 Å². The first kappa shape index (κ1) is 25.9. The van der Waals surface area contributed by atoms with Crippen molar-refractivity contribution in [3.05, 3.63) is 12.2 Å². The molecule has 2 rings (SSSR count). The Labute approximate surface area is 179 Å². The van der Waals surface area contributed by atoms with Crippen LogP contribution in [-0.4, -0.2) is 131 Å². The second kappa shape index (κ2) is 12.6. The maximum Gasteiger partial charge on any atom is 0.186 e. The lowest BCUT2D eigenvalue weighted by atomic mass is 9.99. The minimum Gasteiger partial charge on any atom is -0.394 e. The average Bonchev–Trinajstić information content (AvgIpc) is 2.75. The molecule has 10 atom stereocenters. The summed E-state index contributed by atoms with van der Waals surface area (Å²) >= 11 is 1.43. The Kier molecular flexibility index (Phi) is 10.9. The van der Waals surface area contributed by atoms with Gasteiger partial charge in [-0.05, 0) is 0 Å². The Bertz CT molecular complexity index is 506. The van der Waals surface area contributed by atoms with Gasteiger partial charge in [-0.3, -0.25) is 0 Å². The Balaban J connectivity index is 1.72. The summed E-state index contributed by atoms with van der Waals surface area (Å²) in [4.78, 5) is 0. The summed E-state index contributed by atoms with van der Waals surface area (Å²) in [5, 5.41) is 59.2. The van der Waals surface area contributed by atoms with Crippen molar-refractivity contribution in [3.63, 3.8) is 0 Å². The van der Waals surface area contributed by atoms with E-state index >= 15 is 0 Å². The van der Waals surface area contributed by atoms with Crippen LogP contribution in [0.25, 0.3) is 0 Å². The van der Waals surface area contributed by atoms with Gasteiger partial charge in [-0.25, -0.2) is 0 Å². The molecule has 0 amide bonds. The fourth-order valence-electron chi connectivity index (χ4n) is 3.25. The average molecular weight is 457 g/mol. The van der Waals surface area contributed by atoms with Gasteiger partial charge >= 0.3 is 0 Å². The van der Waals surface area contributed by atoms with Crippen molar-refractivity contribution in [2.24, 2.45) is 0 Å². The summed E-state index contributed by atoms with van der Waals surface area (Å²) in [7, 11) is 2.69. The van der Waals surface area contributed by atoms with Crippen LogP contribution in [0.4, 0.5) is 0 Å². The zero-order chi connectivity index (χ0) is 22.3. The molecule has 2 fully saturated rings. The van der Waals surface area contributed by atoms with Crippen LogP contribution in [0.15, 0.2) is 12.2 Å². The molecule has 0 radical (unpaired) electrons. The minimum atomic E-state index is -1.35. The van der Waals surface area contributed by atoms with Crippen LogP contribution in [0.5, 0.6) is 0 Å². The molecule has 0 saturated carbocycles. The van der Waals surface area contributed by atoms with Gasteiger partial charge in [-0.15, -0.1) is 0 Å². The standard InChI is InChI=1S/C18H32O11S/c1-25-17-14(23)13(22)11(20)10(29-17)8-30-6-4-3-5-27-16-12(21)9(7-19)28-18(26-2)15(16)24/h3-4,9-24H,5-8H2,1-2H3/b4-3+/t9-,10-,11-,12-,13+,14-,15-,16+,17+,18-/m1/s1. The molecule has 0 aromatic carbocycles. The lowest BCUT2D eigenvalue weighted by Gasteiger charge is -2.41. The van der Waals surface area contributed by atoms with Crippen molar-refractivity contribution in [2.75, 3.05) is 38.9 Å². The molecular formula is C18H32O11S. The summed E-state index contributed by atoms with van der Waals surface area (Å²) in [6.07, 6.45) is -7.44. The second-order valence-corrected chi connectivity index (χ2v) is 8.07. The van der Waals surface area contributed by atoms with E-state index in [2.05, 4.69) is 0 Å². The number of methoxy groups -OCH3 is 2. The van der Waals surface area contributed by atoms with Crippen LogP contribution in [0.2, 0.25) is 0 Å². The molecule has 0 aromatic rings. The lowest BCUT2D eigenvalue weighted by molar-refractivity contribution is -0.300. The highest BCUT2D eigenvalue weighted by Gasteiger charge is 2.45. The third-order valence-corrected chi connectivity index (χ3v) is 6.00. The van der Waals surface area contributed by atoms with Crippen molar-refractivity contribution >= 4 is 11.8 Å². The van der Waals surface area contributed by atoms with Crippen LogP contribution in [0.1, 0.15) is 0 Å². The summed E-state index contributed by atoms with van der Waals surface area (Å²) in [5.41, 5.74) is 0. The first-order valence-corrected chi connectivity index (χ1v) is 10.7. The smallest absolute Gasteiger partial charge is 0.186 e. The SMILES string of the molecule is CO[C@H]1O[C@H](CSC/C=C/CO[C@@H]2[C@@H](O)[C@H](OC)O[C@H](CO)[C@H]2O)[C@@H](O)[C@H](O)[C@H]1O. The van der Waals surface area contributed by atoms with Crippen LogP contribution < -0.4 is 0 Å². The van der Waals surface area contributed by atoms with E-state index in [1.165, 1.54) is 26.0 Å². The van der Waals surface area contributed by atoms with Crippen molar-refractivity contribution in [1.82, 2.24) is 0 Å². The Morgan fingerprint density at radius 3 is 2.07 bits per heavy atom. The van der Waals surface area contributed by atoms with Gasteiger partial charge in [-0.2, -0.15) is 11.8 Å². The van der Waals surface area contributed by atoms with Crippen molar-refractivity contribution < 1.29 is 54.3 Å². The van der Waals surface area contributed by atoms with E-state index < -0.39 is 68.0 Å². The summed E-state index contributed by atoms with van der Waals surface area (Å²) in [6.45, 7) is -0.335. The summed E-state index contributed by atoms with van der Waals surface area (Å²) in [5.74, 6) is 0.909. The molecule has 11 nitrogen and oxygen atoms in total. The highest BCUT2D eigenvalue weighted by molar-refractivity contribution is 7.99. The number of aliphatic hydroxyl groups is 6. The third kappa shape index (κ3) is 6.34. The number of rotatable bonds is 10. The molecule has 0 unspecified atom stereocenters. The van der Waals surface area contributed by atoms with E-state index in [1.54, 1.807) is 12.2 Å². The Morgan fingerprint density at radius 2 is 1.43 bits per heavy atom. The Morgan fingerprint density at radius 1 is 0.800 bits per heavy atom. The topological polar surface area (TPSA) is 168 Å². The molecule has 0 aliphatic carbocycles. The van der Waals surface area contributed by atoms with Gasteiger partial charge in [0.1, 0.15) is 42.7 Å². The molecule has 2 saturated heterocycles. The molecule has 0 bridgehead atoms. The van der Waals surface area contributed by atoms with Gasteiger partial charge in [0.15, 0.2) is 12.6 Å². The van der Waals surface area contributed by atoms with Gasteiger partial charge in [0.05, 0.1) is 19.3 Å². The highest BCUT2D eigenvalue weighted by atomic mass is 32.2. The first-order chi connectivity index (χ1) is 14.3. The van der Waals surface area contributed by atoms with Crippen molar-refractivity contribution in [1.29, 1.82) is 0 Å². The zero-order valence-corrected chi connectivity index (χ0v) is 17.7. The van der Waals surface area contributed by atoms with Crippen LogP contribution in [0.3, 0.4) is 0 Å². The number of ether oxygens (including phenoxy) is 5. The zero-order valence-electron chi connectivity index (χ0n) is 16.9. The van der Waals surface area contributed by atoms with E-state index in [4.69, 9.17) is 23.7 Å². The number of hydrogen-bond donors (Lipinski definition) is 6. The fourth-order valence-corrected chi connectivity index (χ4v) is 4.17. The van der Waals surface area contributed by atoms with Crippen LogP contribution in [-0.2, 0) is 23.7 Å². The Hall–Kier alpha value is -0.350. The van der Waals surface area contributed by atoms with E-state index in [9.17, 15) is 30.6 Å². The summed E-state index contributed by atoms with van der Waals surface area (Å²) < 4.78 is 26.2. The molecule has 6 N–H and O–H groups in total. The minimum absolute atomic E-state index is 0.104. The van der Waals surface area contributed by atoms with Gasteiger partial charge in [0.25, 0.3) is 0 Å². The second-order valence-electron chi connectivity index (χ2n) is 7.00. The monoisotopic (exact) mass is 456 g/mol. The predicted molar refractivity (Wildman–Crippen MR) is 105 cm³/mol. The van der Waals surface area contributed by atoms with Gasteiger partial charge in [-0.1, -0.05) is 12.2 Å². The van der Waals surface area contributed by atoms with Gasteiger partial charge < -0.3 is 54.3 Å². The molecule has 176 valence electrons. The third-order valence-electron chi connectivity index (χ3n) is 5.00. The van der Waals surface area contributed by atoms with E-state index in [-0.39, 0.29) is 6.61 Å². The highest BCUT2D eigenvalue weighted by Crippen LogP contribution is 2.25. The van der Waals surface area contributed by atoms with E-state index in [0.717, 1.165) is 0 Å². The molecule has 0 aromatic heterocycles. The molecule has 2 heterocycles. The quantitative estimate of drug-likeness (QED) is 0.148. The normalized spacial score (nSPS) is 42.7. The predicted octanol–water partition coefficient (Wildman–Crippen LogP) is -2.80. The fraction of sp³-hybridized carbons (Fsp3) is 0.889. The molecular weight excluding hydrogens is 424 g/mol. The first-order valence-electron chi connectivity index (χ1n) is 9.57. The maximum absolute atomic E-state index is 10.2. The molecule has 0 spiro atoms. The van der Waals surface area contributed by atoms with Crippen LogP contribution >= 0.6 is 11.8 Å². The van der Waals surface area contributed by atoms with Crippen LogP contribution in [0, 0.1) is 0 Å². The maximum atomic E-state index is 10.2. The van der Waals surface area contributed by atoms with E-state index in [0.29, 0.717) is 11.5 Å². The molecule has 30 heavy (non-hydrogen) atoms. The molecule has 2 aliphatic heterocycles. The molecule has 2 aliphatic rings. The van der Waals surface area contributed by atoms with Crippen molar-refractivity contribution in [3.8, 4) is 0 Å². The van der Waals surface area contributed by atoms with E-state index in [1.807, 2.05) is 0 Å². The largest absolute Gasteiger partial charge is 0.394 e. The number of thioether (sulfide) groups is 1. The lowest BCUT2D eigenvalue weighted by Crippen LogP contribution is -2.59.